The van der Waals surface area contributed by atoms with Gasteiger partial charge in [0.2, 0.25) is 5.91 Å². The van der Waals surface area contributed by atoms with Gasteiger partial charge in [0.25, 0.3) is 25.8 Å². The van der Waals surface area contributed by atoms with E-state index in [1.165, 1.54) is 45.5 Å². The number of alkyl halides is 3. The highest BCUT2D eigenvalue weighted by Crippen LogP contribution is 2.43. The summed E-state index contributed by atoms with van der Waals surface area (Å²) in [5, 5.41) is 6.13. The fourth-order valence-corrected chi connectivity index (χ4v) is 15.1. The number of nitrogens with zero attached hydrogens (tertiary/aromatic N) is 6. The third-order valence-corrected chi connectivity index (χ3v) is 20.6. The van der Waals surface area contributed by atoms with Crippen molar-refractivity contribution in [1.29, 1.82) is 0 Å². The molecule has 16 nitrogen and oxygen atoms in total. The van der Waals surface area contributed by atoms with Gasteiger partial charge in [0.1, 0.15) is 4.90 Å². The number of rotatable bonds is 19. The van der Waals surface area contributed by atoms with Crippen molar-refractivity contribution >= 4 is 83.7 Å². The first-order chi connectivity index (χ1) is 39.1. The molecule has 4 saturated heterocycles. The number of benzene rings is 4. The molecule has 1 aromatic heterocycles. The van der Waals surface area contributed by atoms with Gasteiger partial charge >= 0.3 is 11.5 Å². The molecule has 2 bridgehead atoms. The van der Waals surface area contributed by atoms with Crippen LogP contribution in [0.2, 0.25) is 5.02 Å². The van der Waals surface area contributed by atoms with Gasteiger partial charge in [-0.05, 0) is 133 Å². The predicted octanol–water partition coefficient (Wildman–Crippen LogP) is 9.69. The van der Waals surface area contributed by atoms with Crippen molar-refractivity contribution in [3.8, 4) is 0 Å². The molecule has 0 radical (unpaired) electrons. The van der Waals surface area contributed by atoms with Crippen molar-refractivity contribution in [1.82, 2.24) is 29.7 Å². The Hall–Kier alpha value is -6.01. The number of aromatic nitrogens is 1. The minimum atomic E-state index is -6.13. The Kier molecular flexibility index (Phi) is 17.8. The number of sulfonamides is 1. The van der Waals surface area contributed by atoms with Crippen LogP contribution in [0, 0.1) is 5.41 Å². The van der Waals surface area contributed by atoms with Crippen molar-refractivity contribution in [2.75, 3.05) is 79.8 Å². The summed E-state index contributed by atoms with van der Waals surface area (Å²) in [7, 11) is -11.0. The number of carbonyl (C=O) groups is 3. The fourth-order valence-electron chi connectivity index (χ4n) is 11.9. The zero-order chi connectivity index (χ0) is 58.0. The number of carbonyl (C=O) groups excluding carboxylic acids is 3. The summed E-state index contributed by atoms with van der Waals surface area (Å²) in [4.78, 5) is 51.9. The Morgan fingerprint density at radius 3 is 2.22 bits per heavy atom. The molecule has 5 aromatic rings. The van der Waals surface area contributed by atoms with E-state index < -0.39 is 58.8 Å². The Balaban J connectivity index is 0.789. The van der Waals surface area contributed by atoms with Gasteiger partial charge in [0.05, 0.1) is 22.5 Å². The minimum absolute atomic E-state index is 0.0189. The lowest BCUT2D eigenvalue weighted by molar-refractivity contribution is -0.120. The SMILES string of the molecule is CC1(C)CCC(c2ccc(Cl)cc2)=C(CN2CCN(c3ccc(C(=O)NS(=O)(=O)c4ccc(N[C@H](CCN5CC6CCC(C5)N6Cc5cncc(N6CCC(=O)NC6=O)c5)CSc5ccccc5)c(S(=O)(=O)C(F)(F)F)c4)cc3)CC2)C1. The maximum Gasteiger partial charge on any atom is 0.501 e. The first-order valence-corrected chi connectivity index (χ1v) is 31.9. The summed E-state index contributed by atoms with van der Waals surface area (Å²) in [5.74, 6) is -1.04. The van der Waals surface area contributed by atoms with Gasteiger partial charge in [-0.25, -0.2) is 26.4 Å². The normalized spacial score (nSPS) is 20.7. The molecule has 2 unspecified atom stereocenters. The highest BCUT2D eigenvalue weighted by atomic mass is 35.5. The maximum atomic E-state index is 14.5. The van der Waals surface area contributed by atoms with Gasteiger partial charge < -0.3 is 15.1 Å². The number of sulfone groups is 1. The van der Waals surface area contributed by atoms with Gasteiger partial charge in [-0.2, -0.15) is 13.2 Å². The van der Waals surface area contributed by atoms with Crippen LogP contribution in [0.25, 0.3) is 5.57 Å². The number of pyridine rings is 1. The number of piperazine rings is 2. The number of likely N-dealkylation sites (tertiary alicyclic amines) is 1. The summed E-state index contributed by atoms with van der Waals surface area (Å²) < 4.78 is 100. The number of allylic oxidation sites excluding steroid dienone is 1. The molecule has 5 heterocycles. The molecular weight excluding hydrogens is 1140 g/mol. The molecule has 4 aromatic carbocycles. The Bertz CT molecular complexity index is 3410. The number of amides is 4. The molecule has 0 spiro atoms. The van der Waals surface area contributed by atoms with Crippen LogP contribution in [0.3, 0.4) is 0 Å². The van der Waals surface area contributed by atoms with Crippen molar-refractivity contribution in [3.05, 3.63) is 143 Å². The lowest BCUT2D eigenvalue weighted by atomic mass is 9.73. The zero-order valence-electron chi connectivity index (χ0n) is 45.7. The van der Waals surface area contributed by atoms with E-state index >= 15 is 0 Å². The van der Waals surface area contributed by atoms with Gasteiger partial charge in [-0.3, -0.25) is 34.6 Å². The molecule has 23 heteroatoms. The number of nitrogens with one attached hydrogen (secondary N) is 3. The van der Waals surface area contributed by atoms with Crippen molar-refractivity contribution in [3.63, 3.8) is 0 Å². The Morgan fingerprint density at radius 2 is 1.54 bits per heavy atom. The highest BCUT2D eigenvalue weighted by Gasteiger charge is 2.49. The van der Waals surface area contributed by atoms with Gasteiger partial charge in [0.15, 0.2) is 0 Å². The molecule has 1 aliphatic carbocycles. The molecule has 4 aliphatic heterocycles. The van der Waals surface area contributed by atoms with Crippen LogP contribution in [0.1, 0.15) is 80.3 Å². The second kappa shape index (κ2) is 24.7. The quantitative estimate of drug-likeness (QED) is 0.0664. The topological polar surface area (TPSA) is 185 Å². The smallest absolute Gasteiger partial charge is 0.380 e. The van der Waals surface area contributed by atoms with Gasteiger partial charge in [-0.1, -0.05) is 61.4 Å². The van der Waals surface area contributed by atoms with Gasteiger partial charge in [0, 0.05) is 123 Å². The maximum absolute atomic E-state index is 14.5. The average molecular weight is 1200 g/mol. The molecule has 82 heavy (non-hydrogen) atoms. The highest BCUT2D eigenvalue weighted by molar-refractivity contribution is 7.99. The van der Waals surface area contributed by atoms with Crippen molar-refractivity contribution in [2.24, 2.45) is 5.41 Å². The number of urea groups is 1. The predicted molar refractivity (Wildman–Crippen MR) is 313 cm³/mol. The van der Waals surface area contributed by atoms with Crippen LogP contribution in [-0.4, -0.2) is 143 Å². The van der Waals surface area contributed by atoms with Crippen molar-refractivity contribution < 1.29 is 44.4 Å². The van der Waals surface area contributed by atoms with Crippen LogP contribution in [-0.2, 0) is 31.2 Å². The summed E-state index contributed by atoms with van der Waals surface area (Å²) in [6.45, 7) is 11.3. The van der Waals surface area contributed by atoms with Crippen LogP contribution < -0.4 is 25.2 Å². The van der Waals surface area contributed by atoms with E-state index in [-0.39, 0.29) is 41.9 Å². The van der Waals surface area contributed by atoms with E-state index in [2.05, 4.69) is 61.2 Å². The minimum Gasteiger partial charge on any atom is -0.380 e. The van der Waals surface area contributed by atoms with Gasteiger partial charge in [-0.15, -0.1) is 11.8 Å². The lowest BCUT2D eigenvalue weighted by Crippen LogP contribution is -2.53. The Labute approximate surface area is 486 Å². The first kappa shape index (κ1) is 59.2. The number of halogens is 4. The summed E-state index contributed by atoms with van der Waals surface area (Å²) in [5.41, 5.74) is 0.357. The zero-order valence-corrected chi connectivity index (χ0v) is 48.9. The molecule has 10 rings (SSSR count). The first-order valence-electron chi connectivity index (χ1n) is 27.6. The number of fused-ring (bicyclic) bond motifs is 2. The van der Waals surface area contributed by atoms with Crippen LogP contribution >= 0.6 is 23.4 Å². The third kappa shape index (κ3) is 14.0. The monoisotopic (exact) mass is 1200 g/mol. The Morgan fingerprint density at radius 1 is 0.829 bits per heavy atom. The van der Waals surface area contributed by atoms with E-state index in [9.17, 15) is 44.4 Å². The molecule has 4 fully saturated rings. The molecular formula is C59H67ClF3N9O7S3. The molecule has 4 amide bonds. The van der Waals surface area contributed by atoms with Crippen LogP contribution in [0.15, 0.2) is 136 Å². The molecule has 0 saturated carbocycles. The summed E-state index contributed by atoms with van der Waals surface area (Å²) in [6.07, 6.45) is 8.97. The van der Waals surface area contributed by atoms with E-state index in [0.29, 0.717) is 55.1 Å². The number of thioether (sulfide) groups is 1. The van der Waals surface area contributed by atoms with Crippen LogP contribution in [0.4, 0.5) is 35.0 Å². The van der Waals surface area contributed by atoms with E-state index in [1.807, 2.05) is 53.3 Å². The standard InChI is InChI=1S/C59H67ClF3N9O7S3/c1-58(2)23-20-52(41-8-12-44(60)13-9-41)43(32-58)36-68-26-28-70(29-27-68)46-14-10-42(11-15-46)56(74)67-82(78,79)51-18-19-53(54(31-51)81(76,77)59(61,62)63)65-45(39-80-50-6-4-3-5-7-50)21-24-69-37-47-16-17-48(38-69)72(47)35-40-30-49(34-64-33-40)71-25-22-55(73)66-57(71)75/h3-15,18-19,30-31,33-34,45,47-48,65H,16-17,20-29,32,35-39H2,1-2H3,(H,67,74)(H,66,73,75)/t45-,47?,48?/m1/s1. The molecule has 436 valence electrons. The number of hydrogen-bond acceptors (Lipinski definition) is 14. The largest absolute Gasteiger partial charge is 0.501 e. The third-order valence-electron chi connectivity index (χ3n) is 16.3. The second-order valence-electron chi connectivity index (χ2n) is 22.7. The van der Waals surface area contributed by atoms with E-state index in [0.717, 1.165) is 93.1 Å². The van der Waals surface area contributed by atoms with Crippen molar-refractivity contribution in [2.45, 2.75) is 104 Å². The molecule has 3 atom stereocenters. The number of imide groups is 1. The summed E-state index contributed by atoms with van der Waals surface area (Å²) >= 11 is 7.66. The second-order valence-corrected chi connectivity index (χ2v) is 27.8. The number of hydrogen-bond donors (Lipinski definition) is 3. The lowest BCUT2D eigenvalue weighted by Gasteiger charge is -2.41. The van der Waals surface area contributed by atoms with E-state index in [4.69, 9.17) is 11.6 Å². The summed E-state index contributed by atoms with van der Waals surface area (Å²) in [6, 6.07) is 27.5. The molecule has 5 aliphatic rings. The van der Waals surface area contributed by atoms with Crippen LogP contribution in [0.5, 0.6) is 0 Å². The molecule has 3 N–H and O–H groups in total. The number of anilines is 3. The van der Waals surface area contributed by atoms with E-state index in [1.54, 1.807) is 24.5 Å². The average Bonchev–Trinajstić information content (AvgIpc) is 3.25. The fraction of sp³-hybridized carbons (Fsp3) is 0.424.